The maximum absolute atomic E-state index is 13.0. The van der Waals surface area contributed by atoms with Gasteiger partial charge in [-0.3, -0.25) is 4.98 Å². The van der Waals surface area contributed by atoms with E-state index >= 15 is 0 Å². The van der Waals surface area contributed by atoms with Crippen molar-refractivity contribution in [2.45, 2.75) is 30.6 Å². The number of nitrogens with one attached hydrogen (secondary N) is 1. The SMILES string of the molecule is O=S(=O)(NC1CCOCC1COc1ccc(-c2ccc(F)cn2)cc1)C1CC1. The van der Waals surface area contributed by atoms with E-state index in [0.717, 1.165) is 18.4 Å². The average molecular weight is 406 g/mol. The molecule has 2 unspecified atom stereocenters. The Labute approximate surface area is 164 Å². The van der Waals surface area contributed by atoms with E-state index in [1.54, 1.807) is 6.07 Å². The van der Waals surface area contributed by atoms with E-state index in [4.69, 9.17) is 9.47 Å². The summed E-state index contributed by atoms with van der Waals surface area (Å²) in [5.74, 6) is 0.270. The molecule has 1 N–H and O–H groups in total. The van der Waals surface area contributed by atoms with Gasteiger partial charge in [0.05, 0.1) is 30.4 Å². The molecule has 0 amide bonds. The molecule has 1 aromatic heterocycles. The van der Waals surface area contributed by atoms with E-state index in [0.29, 0.717) is 37.7 Å². The minimum absolute atomic E-state index is 0.0410. The summed E-state index contributed by atoms with van der Waals surface area (Å²) in [5.41, 5.74) is 1.55. The summed E-state index contributed by atoms with van der Waals surface area (Å²) in [6.45, 7) is 1.38. The molecule has 2 atom stereocenters. The van der Waals surface area contributed by atoms with Crippen LogP contribution in [0.15, 0.2) is 42.6 Å². The van der Waals surface area contributed by atoms with Crippen LogP contribution in [-0.2, 0) is 14.8 Å². The molecule has 0 radical (unpaired) electrons. The van der Waals surface area contributed by atoms with Crippen molar-refractivity contribution >= 4 is 10.0 Å². The molecule has 4 rings (SSSR count). The lowest BCUT2D eigenvalue weighted by atomic mass is 9.98. The molecule has 8 heteroatoms. The minimum Gasteiger partial charge on any atom is -0.493 e. The second-order valence-corrected chi connectivity index (χ2v) is 9.28. The zero-order valence-corrected chi connectivity index (χ0v) is 16.2. The van der Waals surface area contributed by atoms with Gasteiger partial charge in [-0.25, -0.2) is 17.5 Å². The lowest BCUT2D eigenvalue weighted by molar-refractivity contribution is 0.0186. The molecule has 6 nitrogen and oxygen atoms in total. The number of ether oxygens (including phenoxy) is 2. The van der Waals surface area contributed by atoms with Gasteiger partial charge in [-0.1, -0.05) is 0 Å². The molecule has 0 spiro atoms. The van der Waals surface area contributed by atoms with Gasteiger partial charge in [0.1, 0.15) is 11.6 Å². The van der Waals surface area contributed by atoms with E-state index < -0.39 is 10.0 Å². The quantitative estimate of drug-likeness (QED) is 0.765. The Bertz CT molecular complexity index is 899. The third kappa shape index (κ3) is 4.68. The van der Waals surface area contributed by atoms with Crippen molar-refractivity contribution in [1.29, 1.82) is 0 Å². The van der Waals surface area contributed by atoms with Crippen LogP contribution in [0.2, 0.25) is 0 Å². The van der Waals surface area contributed by atoms with E-state index in [1.165, 1.54) is 12.3 Å². The van der Waals surface area contributed by atoms with Crippen LogP contribution in [-0.4, -0.2) is 44.5 Å². The van der Waals surface area contributed by atoms with Crippen molar-refractivity contribution < 1.29 is 22.3 Å². The Kier molecular flexibility index (Phi) is 5.61. The highest BCUT2D eigenvalue weighted by molar-refractivity contribution is 7.90. The van der Waals surface area contributed by atoms with Crippen molar-refractivity contribution in [1.82, 2.24) is 9.71 Å². The number of nitrogens with zero attached hydrogens (tertiary/aromatic N) is 1. The molecule has 1 saturated carbocycles. The normalized spacial score (nSPS) is 22.8. The van der Waals surface area contributed by atoms with Crippen molar-refractivity contribution in [2.24, 2.45) is 5.92 Å². The number of hydrogen-bond donors (Lipinski definition) is 1. The third-order valence-corrected chi connectivity index (χ3v) is 7.07. The highest BCUT2D eigenvalue weighted by Gasteiger charge is 2.39. The van der Waals surface area contributed by atoms with Gasteiger partial charge in [0, 0.05) is 24.1 Å². The largest absolute Gasteiger partial charge is 0.493 e. The fourth-order valence-electron chi connectivity index (χ4n) is 3.27. The molecular formula is C20H23FN2O4S. The molecule has 2 heterocycles. The van der Waals surface area contributed by atoms with Crippen LogP contribution < -0.4 is 9.46 Å². The smallest absolute Gasteiger partial charge is 0.214 e. The van der Waals surface area contributed by atoms with Gasteiger partial charge >= 0.3 is 0 Å². The maximum Gasteiger partial charge on any atom is 0.214 e. The van der Waals surface area contributed by atoms with Gasteiger partial charge in [-0.05, 0) is 55.7 Å². The van der Waals surface area contributed by atoms with E-state index in [2.05, 4.69) is 9.71 Å². The fourth-order valence-corrected chi connectivity index (χ4v) is 4.96. The van der Waals surface area contributed by atoms with Crippen LogP contribution in [0.1, 0.15) is 19.3 Å². The number of hydrogen-bond acceptors (Lipinski definition) is 5. The van der Waals surface area contributed by atoms with Crippen LogP contribution in [0.4, 0.5) is 4.39 Å². The molecule has 1 saturated heterocycles. The molecule has 1 aromatic carbocycles. The number of halogens is 1. The third-order valence-electron chi connectivity index (χ3n) is 5.09. The molecular weight excluding hydrogens is 383 g/mol. The van der Waals surface area contributed by atoms with Crippen molar-refractivity contribution in [3.8, 4) is 17.0 Å². The molecule has 1 aliphatic heterocycles. The first-order chi connectivity index (χ1) is 13.5. The first-order valence-electron chi connectivity index (χ1n) is 9.45. The average Bonchev–Trinajstić information content (AvgIpc) is 3.54. The summed E-state index contributed by atoms with van der Waals surface area (Å²) in [4.78, 5) is 4.06. The van der Waals surface area contributed by atoms with Crippen LogP contribution in [0.3, 0.4) is 0 Å². The predicted octanol–water partition coefficient (Wildman–Crippen LogP) is 2.75. The van der Waals surface area contributed by atoms with Gasteiger partial charge in [-0.2, -0.15) is 0 Å². The van der Waals surface area contributed by atoms with Crippen molar-refractivity contribution in [3.05, 3.63) is 48.4 Å². The van der Waals surface area contributed by atoms with Crippen molar-refractivity contribution in [3.63, 3.8) is 0 Å². The number of benzene rings is 1. The number of sulfonamides is 1. The first kappa shape index (κ1) is 19.3. The van der Waals surface area contributed by atoms with Crippen LogP contribution >= 0.6 is 0 Å². The van der Waals surface area contributed by atoms with Gasteiger partial charge in [-0.15, -0.1) is 0 Å². The lowest BCUT2D eigenvalue weighted by Crippen LogP contribution is -2.48. The molecule has 2 aromatic rings. The molecule has 2 fully saturated rings. The minimum atomic E-state index is -3.24. The summed E-state index contributed by atoms with van der Waals surface area (Å²) < 4.78 is 51.8. The Morgan fingerprint density at radius 2 is 1.93 bits per heavy atom. The fraction of sp³-hybridized carbons (Fsp3) is 0.450. The zero-order valence-electron chi connectivity index (χ0n) is 15.4. The zero-order chi connectivity index (χ0) is 19.6. The van der Waals surface area contributed by atoms with Crippen LogP contribution in [0.25, 0.3) is 11.3 Å². The first-order valence-corrected chi connectivity index (χ1v) is 11.0. The molecule has 0 bridgehead atoms. The maximum atomic E-state index is 13.0. The summed E-state index contributed by atoms with van der Waals surface area (Å²) in [6, 6.07) is 10.2. The Balaban J connectivity index is 1.36. The van der Waals surface area contributed by atoms with Gasteiger partial charge in [0.2, 0.25) is 10.0 Å². The van der Waals surface area contributed by atoms with E-state index in [-0.39, 0.29) is 23.0 Å². The second-order valence-electron chi connectivity index (χ2n) is 7.29. The summed E-state index contributed by atoms with van der Waals surface area (Å²) in [7, 11) is -3.24. The lowest BCUT2D eigenvalue weighted by Gasteiger charge is -2.31. The number of rotatable bonds is 7. The van der Waals surface area contributed by atoms with Crippen molar-refractivity contribution in [2.75, 3.05) is 19.8 Å². The summed E-state index contributed by atoms with van der Waals surface area (Å²) in [6.07, 6.45) is 3.32. The number of pyridine rings is 1. The topological polar surface area (TPSA) is 77.5 Å². The molecule has 28 heavy (non-hydrogen) atoms. The molecule has 1 aliphatic carbocycles. The van der Waals surface area contributed by atoms with Crippen LogP contribution in [0, 0.1) is 11.7 Å². The second kappa shape index (κ2) is 8.14. The van der Waals surface area contributed by atoms with E-state index in [1.807, 2.05) is 24.3 Å². The highest BCUT2D eigenvalue weighted by atomic mass is 32.2. The Hall–Kier alpha value is -2.03. The monoisotopic (exact) mass is 406 g/mol. The van der Waals surface area contributed by atoms with Gasteiger partial charge in [0.15, 0.2) is 0 Å². The standard InChI is InChI=1S/C20H23FN2O4S/c21-16-3-8-19(22-11-16)14-1-4-17(5-2-14)27-13-15-12-26-10-9-20(15)23-28(24,25)18-6-7-18/h1-5,8,11,15,18,20,23H,6-7,9-10,12-13H2. The van der Waals surface area contributed by atoms with Gasteiger partial charge in [0.25, 0.3) is 0 Å². The Morgan fingerprint density at radius 1 is 1.14 bits per heavy atom. The summed E-state index contributed by atoms with van der Waals surface area (Å²) >= 11 is 0. The van der Waals surface area contributed by atoms with Crippen LogP contribution in [0.5, 0.6) is 5.75 Å². The number of aromatic nitrogens is 1. The van der Waals surface area contributed by atoms with E-state index in [9.17, 15) is 12.8 Å². The Morgan fingerprint density at radius 3 is 2.61 bits per heavy atom. The molecule has 150 valence electrons. The molecule has 2 aliphatic rings. The highest BCUT2D eigenvalue weighted by Crippen LogP contribution is 2.29. The summed E-state index contributed by atoms with van der Waals surface area (Å²) in [5, 5.41) is -0.232. The van der Waals surface area contributed by atoms with Gasteiger partial charge < -0.3 is 9.47 Å². The predicted molar refractivity (Wildman–Crippen MR) is 103 cm³/mol.